The second kappa shape index (κ2) is 6.91. The molecule has 0 saturated carbocycles. The van der Waals surface area contributed by atoms with Gasteiger partial charge in [-0.25, -0.2) is 0 Å². The minimum atomic E-state index is 0.149. The van der Waals surface area contributed by atoms with Gasteiger partial charge in [0.15, 0.2) is 0 Å². The minimum Gasteiger partial charge on any atom is -0.368 e. The highest BCUT2D eigenvalue weighted by molar-refractivity contribution is 14.1. The van der Waals surface area contributed by atoms with Crippen molar-refractivity contribution in [2.75, 3.05) is 31.1 Å². The highest BCUT2D eigenvalue weighted by atomic mass is 127. The molecule has 23 heavy (non-hydrogen) atoms. The molecule has 1 aliphatic rings. The largest absolute Gasteiger partial charge is 0.368 e. The smallest absolute Gasteiger partial charge is 0.255 e. The molecule has 0 radical (unpaired) electrons. The van der Waals surface area contributed by atoms with E-state index >= 15 is 0 Å². The van der Waals surface area contributed by atoms with Gasteiger partial charge in [0, 0.05) is 35.4 Å². The highest BCUT2D eigenvalue weighted by Gasteiger charge is 2.24. The maximum Gasteiger partial charge on any atom is 0.255 e. The van der Waals surface area contributed by atoms with Crippen molar-refractivity contribution in [3.8, 4) is 0 Å². The summed E-state index contributed by atoms with van der Waals surface area (Å²) in [7, 11) is 0. The highest BCUT2D eigenvalue weighted by Crippen LogP contribution is 2.24. The van der Waals surface area contributed by atoms with Crippen LogP contribution in [0.25, 0.3) is 0 Å². The van der Waals surface area contributed by atoms with Crippen LogP contribution >= 0.6 is 22.6 Å². The number of rotatable bonds is 2. The molecule has 1 fully saturated rings. The van der Waals surface area contributed by atoms with E-state index in [9.17, 15) is 4.79 Å². The van der Waals surface area contributed by atoms with Crippen molar-refractivity contribution in [1.82, 2.24) is 4.90 Å². The van der Waals surface area contributed by atoms with E-state index in [-0.39, 0.29) is 5.91 Å². The second-order valence-electron chi connectivity index (χ2n) is 5.98. The minimum absolute atomic E-state index is 0.149. The summed E-state index contributed by atoms with van der Waals surface area (Å²) in [6, 6.07) is 14.2. The van der Waals surface area contributed by atoms with Gasteiger partial charge in [-0.1, -0.05) is 24.3 Å². The molecule has 1 saturated heterocycles. The van der Waals surface area contributed by atoms with Gasteiger partial charge in [-0.2, -0.15) is 0 Å². The Morgan fingerprint density at radius 1 is 0.957 bits per heavy atom. The Hall–Kier alpha value is -1.56. The number of carbonyl (C=O) groups excluding carboxylic acids is 1. The van der Waals surface area contributed by atoms with Crippen LogP contribution in [0.1, 0.15) is 21.5 Å². The van der Waals surface area contributed by atoms with Crippen molar-refractivity contribution in [3.05, 3.63) is 62.7 Å². The van der Waals surface area contributed by atoms with Crippen molar-refractivity contribution in [2.24, 2.45) is 0 Å². The van der Waals surface area contributed by atoms with Crippen molar-refractivity contribution in [1.29, 1.82) is 0 Å². The Balaban J connectivity index is 1.70. The Morgan fingerprint density at radius 2 is 1.65 bits per heavy atom. The number of nitrogens with zero attached hydrogens (tertiary/aromatic N) is 2. The molecule has 0 aliphatic carbocycles. The average molecular weight is 420 g/mol. The van der Waals surface area contributed by atoms with Crippen LogP contribution in [0.5, 0.6) is 0 Å². The normalized spacial score (nSPS) is 14.9. The molecule has 4 heteroatoms. The number of anilines is 1. The Labute approximate surface area is 151 Å². The van der Waals surface area contributed by atoms with Crippen molar-refractivity contribution in [3.63, 3.8) is 0 Å². The third-order valence-electron chi connectivity index (χ3n) is 4.59. The van der Waals surface area contributed by atoms with E-state index in [1.807, 2.05) is 29.2 Å². The average Bonchev–Trinajstić information content (AvgIpc) is 2.57. The maximum absolute atomic E-state index is 12.7. The molecule has 1 heterocycles. The molecule has 3 nitrogen and oxygen atoms in total. The van der Waals surface area contributed by atoms with Gasteiger partial charge >= 0.3 is 0 Å². The lowest BCUT2D eigenvalue weighted by molar-refractivity contribution is 0.0745. The zero-order valence-electron chi connectivity index (χ0n) is 13.6. The Bertz CT molecular complexity index is 721. The number of piperazine rings is 1. The van der Waals surface area contributed by atoms with E-state index < -0.39 is 0 Å². The van der Waals surface area contributed by atoms with E-state index in [0.29, 0.717) is 0 Å². The van der Waals surface area contributed by atoms with Gasteiger partial charge in [0.05, 0.1) is 5.56 Å². The van der Waals surface area contributed by atoms with Crippen LogP contribution in [0, 0.1) is 17.4 Å². The molecule has 0 N–H and O–H groups in total. The second-order valence-corrected chi connectivity index (χ2v) is 7.14. The molecule has 0 spiro atoms. The van der Waals surface area contributed by atoms with Crippen LogP contribution in [0.4, 0.5) is 5.69 Å². The fraction of sp³-hybridized carbons (Fsp3) is 0.316. The number of halogens is 1. The van der Waals surface area contributed by atoms with Crippen LogP contribution in [0.2, 0.25) is 0 Å². The fourth-order valence-electron chi connectivity index (χ4n) is 3.03. The lowest BCUT2D eigenvalue weighted by atomic mass is 10.1. The molecule has 0 unspecified atom stereocenters. The third-order valence-corrected chi connectivity index (χ3v) is 5.53. The first-order valence-electron chi connectivity index (χ1n) is 7.93. The summed E-state index contributed by atoms with van der Waals surface area (Å²) in [6.45, 7) is 7.65. The quantitative estimate of drug-likeness (QED) is 0.689. The summed E-state index contributed by atoms with van der Waals surface area (Å²) < 4.78 is 1.02. The van der Waals surface area contributed by atoms with E-state index in [1.54, 1.807) is 0 Å². The summed E-state index contributed by atoms with van der Waals surface area (Å²) in [6.07, 6.45) is 0. The molecule has 2 aromatic rings. The number of carbonyl (C=O) groups is 1. The molecule has 0 bridgehead atoms. The summed E-state index contributed by atoms with van der Waals surface area (Å²) >= 11 is 2.24. The molecular weight excluding hydrogens is 399 g/mol. The van der Waals surface area contributed by atoms with Crippen molar-refractivity contribution >= 4 is 34.2 Å². The summed E-state index contributed by atoms with van der Waals surface area (Å²) in [5.74, 6) is 0.149. The van der Waals surface area contributed by atoms with Gasteiger partial charge in [0.2, 0.25) is 0 Å². The molecular formula is C19H21IN2O. The van der Waals surface area contributed by atoms with Crippen LogP contribution in [-0.4, -0.2) is 37.0 Å². The van der Waals surface area contributed by atoms with Crippen LogP contribution < -0.4 is 4.90 Å². The Kier molecular flexibility index (Phi) is 4.90. The SMILES string of the molecule is Cc1cccc(N2CCN(C(=O)c3ccccc3I)CC2)c1C. The topological polar surface area (TPSA) is 23.6 Å². The van der Waals surface area contributed by atoms with Gasteiger partial charge in [0.1, 0.15) is 0 Å². The predicted octanol–water partition coefficient (Wildman–Crippen LogP) is 3.87. The predicted molar refractivity (Wildman–Crippen MR) is 103 cm³/mol. The number of benzene rings is 2. The molecule has 1 aliphatic heterocycles. The van der Waals surface area contributed by atoms with Crippen molar-refractivity contribution in [2.45, 2.75) is 13.8 Å². The molecule has 2 aromatic carbocycles. The van der Waals surface area contributed by atoms with Gasteiger partial charge in [-0.05, 0) is 65.8 Å². The fourth-order valence-corrected chi connectivity index (χ4v) is 3.65. The summed E-state index contributed by atoms with van der Waals surface area (Å²) in [4.78, 5) is 17.0. The van der Waals surface area contributed by atoms with Gasteiger partial charge < -0.3 is 9.80 Å². The standard InChI is InChI=1S/C19H21IN2O/c1-14-6-5-9-18(15(14)2)21-10-12-22(13-11-21)19(23)16-7-3-4-8-17(16)20/h3-9H,10-13H2,1-2H3. The molecule has 1 amide bonds. The third kappa shape index (κ3) is 3.37. The first kappa shape index (κ1) is 16.3. The lowest BCUT2D eigenvalue weighted by Gasteiger charge is -2.37. The number of aryl methyl sites for hydroxylation is 1. The van der Waals surface area contributed by atoms with E-state index in [4.69, 9.17) is 0 Å². The molecule has 0 atom stereocenters. The van der Waals surface area contributed by atoms with Gasteiger partial charge in [-0.15, -0.1) is 0 Å². The number of hydrogen-bond acceptors (Lipinski definition) is 2. The first-order valence-corrected chi connectivity index (χ1v) is 9.01. The van der Waals surface area contributed by atoms with Crippen LogP contribution in [-0.2, 0) is 0 Å². The number of hydrogen-bond donors (Lipinski definition) is 0. The van der Waals surface area contributed by atoms with E-state index in [2.05, 4.69) is 59.5 Å². The van der Waals surface area contributed by atoms with E-state index in [1.165, 1.54) is 16.8 Å². The van der Waals surface area contributed by atoms with Gasteiger partial charge in [-0.3, -0.25) is 4.79 Å². The Morgan fingerprint density at radius 3 is 2.35 bits per heavy atom. The zero-order chi connectivity index (χ0) is 16.4. The zero-order valence-corrected chi connectivity index (χ0v) is 15.7. The summed E-state index contributed by atoms with van der Waals surface area (Å²) in [5.41, 5.74) is 4.77. The van der Waals surface area contributed by atoms with Crippen molar-refractivity contribution < 1.29 is 4.79 Å². The van der Waals surface area contributed by atoms with Crippen LogP contribution in [0.15, 0.2) is 42.5 Å². The molecule has 120 valence electrons. The monoisotopic (exact) mass is 420 g/mol. The number of amides is 1. The van der Waals surface area contributed by atoms with Gasteiger partial charge in [0.25, 0.3) is 5.91 Å². The first-order chi connectivity index (χ1) is 11.1. The lowest BCUT2D eigenvalue weighted by Crippen LogP contribution is -2.49. The molecule has 0 aromatic heterocycles. The van der Waals surface area contributed by atoms with Crippen LogP contribution in [0.3, 0.4) is 0 Å². The maximum atomic E-state index is 12.7. The molecule has 3 rings (SSSR count). The van der Waals surface area contributed by atoms with E-state index in [0.717, 1.165) is 35.3 Å². The summed E-state index contributed by atoms with van der Waals surface area (Å²) in [5, 5.41) is 0.